The minimum Gasteiger partial charge on any atom is -0.307 e. The third kappa shape index (κ3) is 2.78. The van der Waals surface area contributed by atoms with Gasteiger partial charge in [-0.3, -0.25) is 4.98 Å². The van der Waals surface area contributed by atoms with Crippen LogP contribution in [0.25, 0.3) is 0 Å². The summed E-state index contributed by atoms with van der Waals surface area (Å²) in [5, 5.41) is 3.72. The smallest absolute Gasteiger partial charge is 0.0295 e. The highest BCUT2D eigenvalue weighted by Crippen LogP contribution is 2.34. The van der Waals surface area contributed by atoms with Crippen molar-refractivity contribution in [3.8, 4) is 0 Å². The Bertz CT molecular complexity index is 293. The monoisotopic (exact) mass is 204 g/mol. The molecule has 1 aromatic heterocycles. The molecule has 2 heteroatoms. The molecule has 0 bridgehead atoms. The summed E-state index contributed by atoms with van der Waals surface area (Å²) in [5.41, 5.74) is 1.34. The van der Waals surface area contributed by atoms with Gasteiger partial charge in [-0.05, 0) is 49.8 Å². The number of hydrogen-bond acceptors (Lipinski definition) is 2. The quantitative estimate of drug-likeness (QED) is 0.797. The Labute approximate surface area is 92.1 Å². The maximum Gasteiger partial charge on any atom is 0.0295 e. The number of aromatic nitrogens is 1. The molecule has 1 heterocycles. The molecule has 15 heavy (non-hydrogen) atoms. The van der Waals surface area contributed by atoms with Gasteiger partial charge in [-0.15, -0.1) is 0 Å². The van der Waals surface area contributed by atoms with E-state index in [1.54, 1.807) is 0 Å². The number of rotatable bonds is 5. The standard InChI is InChI=1S/C13H20N2/c1-3-13(12-4-5-12)15-10(2)11-6-8-14-9-7-11/h6-10,12-13,15H,3-5H2,1-2H3. The molecule has 0 radical (unpaired) electrons. The van der Waals surface area contributed by atoms with E-state index in [9.17, 15) is 0 Å². The van der Waals surface area contributed by atoms with Gasteiger partial charge in [-0.2, -0.15) is 0 Å². The highest BCUT2D eigenvalue weighted by Gasteiger charge is 2.30. The van der Waals surface area contributed by atoms with Crippen LogP contribution in [0.5, 0.6) is 0 Å². The van der Waals surface area contributed by atoms with Gasteiger partial charge in [-0.25, -0.2) is 0 Å². The van der Waals surface area contributed by atoms with Crippen LogP contribution in [0.2, 0.25) is 0 Å². The van der Waals surface area contributed by atoms with Crippen LogP contribution in [0, 0.1) is 5.92 Å². The van der Waals surface area contributed by atoms with Crippen LogP contribution >= 0.6 is 0 Å². The summed E-state index contributed by atoms with van der Waals surface area (Å²) in [6, 6.07) is 5.33. The predicted octanol–water partition coefficient (Wildman–Crippen LogP) is 2.92. The fraction of sp³-hybridized carbons (Fsp3) is 0.615. The van der Waals surface area contributed by atoms with E-state index in [-0.39, 0.29) is 0 Å². The van der Waals surface area contributed by atoms with Crippen molar-refractivity contribution in [2.24, 2.45) is 5.92 Å². The Kier molecular flexibility index (Phi) is 3.37. The molecule has 2 rings (SSSR count). The lowest BCUT2D eigenvalue weighted by molar-refractivity contribution is 0.405. The minimum absolute atomic E-state index is 0.443. The molecule has 2 atom stereocenters. The molecule has 1 saturated carbocycles. The van der Waals surface area contributed by atoms with Crippen molar-refractivity contribution in [1.29, 1.82) is 0 Å². The van der Waals surface area contributed by atoms with Crippen molar-refractivity contribution in [3.05, 3.63) is 30.1 Å². The molecule has 2 nitrogen and oxygen atoms in total. The first-order valence-corrected chi connectivity index (χ1v) is 5.97. The third-order valence-electron chi connectivity index (χ3n) is 3.30. The Morgan fingerprint density at radius 2 is 2.07 bits per heavy atom. The molecular weight excluding hydrogens is 184 g/mol. The average Bonchev–Trinajstić information content (AvgIpc) is 3.10. The van der Waals surface area contributed by atoms with Gasteiger partial charge < -0.3 is 5.32 Å². The van der Waals surface area contributed by atoms with E-state index in [4.69, 9.17) is 0 Å². The second kappa shape index (κ2) is 4.75. The van der Waals surface area contributed by atoms with E-state index < -0.39 is 0 Å². The molecule has 2 unspecified atom stereocenters. The Morgan fingerprint density at radius 1 is 1.40 bits per heavy atom. The zero-order chi connectivity index (χ0) is 10.7. The van der Waals surface area contributed by atoms with Crippen molar-refractivity contribution < 1.29 is 0 Å². The van der Waals surface area contributed by atoms with E-state index in [0.29, 0.717) is 12.1 Å². The summed E-state index contributed by atoms with van der Waals surface area (Å²) in [6.45, 7) is 4.51. The average molecular weight is 204 g/mol. The molecule has 0 aromatic carbocycles. The lowest BCUT2D eigenvalue weighted by atomic mass is 10.1. The van der Waals surface area contributed by atoms with Gasteiger partial charge in [0.05, 0.1) is 0 Å². The maximum absolute atomic E-state index is 4.05. The van der Waals surface area contributed by atoms with Crippen LogP contribution in [-0.2, 0) is 0 Å². The first-order valence-electron chi connectivity index (χ1n) is 5.97. The first-order chi connectivity index (χ1) is 7.31. The maximum atomic E-state index is 4.05. The summed E-state index contributed by atoms with van der Waals surface area (Å²) < 4.78 is 0. The highest BCUT2D eigenvalue weighted by molar-refractivity contribution is 5.14. The fourth-order valence-electron chi connectivity index (χ4n) is 2.16. The molecule has 0 spiro atoms. The third-order valence-corrected chi connectivity index (χ3v) is 3.30. The fourth-order valence-corrected chi connectivity index (χ4v) is 2.16. The molecule has 0 saturated heterocycles. The molecule has 1 aliphatic carbocycles. The van der Waals surface area contributed by atoms with Gasteiger partial charge in [0.1, 0.15) is 0 Å². The van der Waals surface area contributed by atoms with E-state index in [1.165, 1.54) is 24.8 Å². The van der Waals surface area contributed by atoms with Crippen molar-refractivity contribution >= 4 is 0 Å². The van der Waals surface area contributed by atoms with Crippen molar-refractivity contribution in [3.63, 3.8) is 0 Å². The molecule has 1 aliphatic rings. The number of pyridine rings is 1. The van der Waals surface area contributed by atoms with E-state index in [2.05, 4.69) is 36.3 Å². The molecule has 0 amide bonds. The normalized spacial score (nSPS) is 19.9. The second-order valence-corrected chi connectivity index (χ2v) is 4.52. The Balaban J connectivity index is 1.93. The van der Waals surface area contributed by atoms with E-state index >= 15 is 0 Å². The number of nitrogens with zero attached hydrogens (tertiary/aromatic N) is 1. The van der Waals surface area contributed by atoms with Crippen LogP contribution in [0.1, 0.15) is 44.7 Å². The zero-order valence-corrected chi connectivity index (χ0v) is 9.61. The van der Waals surface area contributed by atoms with Crippen LogP contribution < -0.4 is 5.32 Å². The second-order valence-electron chi connectivity index (χ2n) is 4.52. The lowest BCUT2D eigenvalue weighted by Gasteiger charge is -2.22. The summed E-state index contributed by atoms with van der Waals surface area (Å²) >= 11 is 0. The van der Waals surface area contributed by atoms with Gasteiger partial charge in [0.25, 0.3) is 0 Å². The molecular formula is C13H20N2. The van der Waals surface area contributed by atoms with E-state index in [1.807, 2.05) is 12.4 Å². The molecule has 82 valence electrons. The Morgan fingerprint density at radius 3 is 2.60 bits per heavy atom. The van der Waals surface area contributed by atoms with Gasteiger partial charge in [-0.1, -0.05) is 6.92 Å². The topological polar surface area (TPSA) is 24.9 Å². The Hall–Kier alpha value is -0.890. The lowest BCUT2D eigenvalue weighted by Crippen LogP contribution is -2.32. The minimum atomic E-state index is 0.443. The predicted molar refractivity (Wildman–Crippen MR) is 62.6 cm³/mol. The summed E-state index contributed by atoms with van der Waals surface area (Å²) in [6.07, 6.45) is 7.79. The van der Waals surface area contributed by atoms with E-state index in [0.717, 1.165) is 5.92 Å². The van der Waals surface area contributed by atoms with Crippen LogP contribution in [-0.4, -0.2) is 11.0 Å². The highest BCUT2D eigenvalue weighted by atomic mass is 15.0. The SMILES string of the molecule is CCC(NC(C)c1ccncc1)C1CC1. The van der Waals surface area contributed by atoms with Gasteiger partial charge >= 0.3 is 0 Å². The van der Waals surface area contributed by atoms with Crippen molar-refractivity contribution in [2.45, 2.75) is 45.2 Å². The molecule has 1 N–H and O–H groups in total. The van der Waals surface area contributed by atoms with Crippen LogP contribution in [0.15, 0.2) is 24.5 Å². The summed E-state index contributed by atoms with van der Waals surface area (Å²) in [4.78, 5) is 4.05. The summed E-state index contributed by atoms with van der Waals surface area (Å²) in [5.74, 6) is 0.930. The van der Waals surface area contributed by atoms with Crippen LogP contribution in [0.4, 0.5) is 0 Å². The van der Waals surface area contributed by atoms with Gasteiger partial charge in [0.15, 0.2) is 0 Å². The van der Waals surface area contributed by atoms with Crippen molar-refractivity contribution in [2.75, 3.05) is 0 Å². The molecule has 0 aliphatic heterocycles. The first kappa shape index (κ1) is 10.6. The number of nitrogens with one attached hydrogen (secondary N) is 1. The number of hydrogen-bond donors (Lipinski definition) is 1. The largest absolute Gasteiger partial charge is 0.307 e. The molecule has 1 fully saturated rings. The van der Waals surface area contributed by atoms with Gasteiger partial charge in [0, 0.05) is 24.5 Å². The summed E-state index contributed by atoms with van der Waals surface area (Å²) in [7, 11) is 0. The zero-order valence-electron chi connectivity index (χ0n) is 9.61. The molecule has 1 aromatic rings. The van der Waals surface area contributed by atoms with Crippen LogP contribution in [0.3, 0.4) is 0 Å². The van der Waals surface area contributed by atoms with Gasteiger partial charge in [0.2, 0.25) is 0 Å². The van der Waals surface area contributed by atoms with Crippen molar-refractivity contribution in [1.82, 2.24) is 10.3 Å².